The molecule has 1 aromatic heterocycles. The van der Waals surface area contributed by atoms with Crippen LogP contribution in [-0.2, 0) is 16.1 Å². The molecule has 0 aliphatic heterocycles. The first-order valence-electron chi connectivity index (χ1n) is 13.6. The molecule has 3 amide bonds. The highest BCUT2D eigenvalue weighted by Gasteiger charge is 2.30. The molecule has 1 unspecified atom stereocenters. The number of amides is 3. The molecule has 11 nitrogen and oxygen atoms in total. The van der Waals surface area contributed by atoms with Gasteiger partial charge in [0.25, 0.3) is 0 Å². The van der Waals surface area contributed by atoms with Crippen LogP contribution >= 0.6 is 0 Å². The van der Waals surface area contributed by atoms with Crippen LogP contribution in [0.25, 0.3) is 11.3 Å². The van der Waals surface area contributed by atoms with Crippen LogP contribution in [0.1, 0.15) is 44.6 Å². The van der Waals surface area contributed by atoms with Crippen molar-refractivity contribution in [3.8, 4) is 22.8 Å². The molecule has 0 saturated carbocycles. The lowest BCUT2D eigenvalue weighted by atomic mass is 10.1. The summed E-state index contributed by atoms with van der Waals surface area (Å²) in [5, 5.41) is 16.1. The Labute approximate surface area is 249 Å². The first kappa shape index (κ1) is 30.6. The molecule has 0 fully saturated rings. The van der Waals surface area contributed by atoms with E-state index >= 15 is 0 Å². The molecule has 43 heavy (non-hydrogen) atoms. The van der Waals surface area contributed by atoms with E-state index in [0.717, 1.165) is 10.5 Å². The number of carboxylic acid groups (broad SMARTS) is 1. The largest absolute Gasteiger partial charge is 0.497 e. The molecular weight excluding hydrogens is 554 g/mol. The van der Waals surface area contributed by atoms with Crippen LogP contribution in [0, 0.1) is 0 Å². The number of urea groups is 1. The van der Waals surface area contributed by atoms with Gasteiger partial charge in [0.05, 0.1) is 13.7 Å². The zero-order chi connectivity index (χ0) is 31.0. The predicted octanol–water partition coefficient (Wildman–Crippen LogP) is 6.91. The minimum absolute atomic E-state index is 0.0210. The molecule has 2 N–H and O–H groups in total. The predicted molar refractivity (Wildman–Crippen MR) is 158 cm³/mol. The van der Waals surface area contributed by atoms with E-state index in [1.54, 1.807) is 73.8 Å². The second-order valence-electron chi connectivity index (χ2n) is 10.1. The molecule has 0 bridgehead atoms. The lowest BCUT2D eigenvalue weighted by molar-refractivity contribution is -0.152. The average Bonchev–Trinajstić information content (AvgIpc) is 3.49. The standard InChI is InChI=1S/C32H33N3O8/c1-5-27(28-19-26(34-43-28)22-11-15-25(16-12-22)42-32(2,3)29(36)37)41-31(39)35(20-21-9-7-6-8-10-21)30(38)33-23-13-17-24(40-4)18-14-23/h6-19,27H,5,20H2,1-4H3,(H,33,38)(H,36,37). The van der Waals surface area contributed by atoms with Crippen LogP contribution in [0.15, 0.2) is 89.5 Å². The van der Waals surface area contributed by atoms with Crippen molar-refractivity contribution in [3.05, 3.63) is 96.3 Å². The molecule has 224 valence electrons. The van der Waals surface area contributed by atoms with Crippen molar-refractivity contribution in [2.75, 3.05) is 12.4 Å². The van der Waals surface area contributed by atoms with Crippen molar-refractivity contribution < 1.29 is 38.2 Å². The summed E-state index contributed by atoms with van der Waals surface area (Å²) in [6.45, 7) is 4.72. The van der Waals surface area contributed by atoms with E-state index in [9.17, 15) is 19.5 Å². The molecule has 0 saturated heterocycles. The summed E-state index contributed by atoms with van der Waals surface area (Å²) in [6, 6.07) is 23.5. The van der Waals surface area contributed by atoms with Crippen molar-refractivity contribution >= 4 is 23.8 Å². The Bertz CT molecular complexity index is 1530. The van der Waals surface area contributed by atoms with Gasteiger partial charge in [-0.05, 0) is 74.4 Å². The van der Waals surface area contributed by atoms with Crippen molar-refractivity contribution in [2.24, 2.45) is 0 Å². The minimum Gasteiger partial charge on any atom is -0.497 e. The monoisotopic (exact) mass is 587 g/mol. The summed E-state index contributed by atoms with van der Waals surface area (Å²) >= 11 is 0. The second-order valence-corrected chi connectivity index (χ2v) is 10.1. The first-order chi connectivity index (χ1) is 20.6. The highest BCUT2D eigenvalue weighted by atomic mass is 16.6. The number of hydrogen-bond acceptors (Lipinski definition) is 8. The molecule has 4 aromatic rings. The number of imide groups is 1. The Hall–Kier alpha value is -5.32. The van der Waals surface area contributed by atoms with Crippen LogP contribution in [0.2, 0.25) is 0 Å². The number of carbonyl (C=O) groups is 3. The number of rotatable bonds is 11. The van der Waals surface area contributed by atoms with Gasteiger partial charge in [-0.1, -0.05) is 42.4 Å². The summed E-state index contributed by atoms with van der Waals surface area (Å²) < 4.78 is 22.0. The van der Waals surface area contributed by atoms with E-state index in [1.165, 1.54) is 13.8 Å². The second kappa shape index (κ2) is 13.6. The fourth-order valence-corrected chi connectivity index (χ4v) is 3.99. The van der Waals surface area contributed by atoms with Crippen LogP contribution < -0.4 is 14.8 Å². The van der Waals surface area contributed by atoms with Crippen molar-refractivity contribution in [1.82, 2.24) is 10.1 Å². The zero-order valence-corrected chi connectivity index (χ0v) is 24.3. The Kier molecular flexibility index (Phi) is 9.66. The van der Waals surface area contributed by atoms with Gasteiger partial charge in [-0.25, -0.2) is 19.3 Å². The summed E-state index contributed by atoms with van der Waals surface area (Å²) in [4.78, 5) is 39.0. The molecular formula is C32H33N3O8. The number of hydrogen-bond donors (Lipinski definition) is 2. The van der Waals surface area contributed by atoms with Gasteiger partial charge in [-0.2, -0.15) is 0 Å². The smallest absolute Gasteiger partial charge is 0.419 e. The molecule has 0 aliphatic rings. The summed E-state index contributed by atoms with van der Waals surface area (Å²) in [7, 11) is 1.54. The average molecular weight is 588 g/mol. The van der Waals surface area contributed by atoms with Crippen LogP contribution in [0.4, 0.5) is 15.3 Å². The summed E-state index contributed by atoms with van der Waals surface area (Å²) in [6.07, 6.45) is -1.32. The fraction of sp³-hybridized carbons (Fsp3) is 0.250. The first-order valence-corrected chi connectivity index (χ1v) is 13.6. The molecule has 11 heteroatoms. The Morgan fingerprint density at radius 3 is 2.23 bits per heavy atom. The third-order valence-electron chi connectivity index (χ3n) is 6.49. The minimum atomic E-state index is -1.39. The third kappa shape index (κ3) is 7.91. The molecule has 0 aliphatic carbocycles. The van der Waals surface area contributed by atoms with Crippen molar-refractivity contribution in [1.29, 1.82) is 0 Å². The number of aliphatic carboxylic acids is 1. The molecule has 0 spiro atoms. The quantitative estimate of drug-likeness (QED) is 0.191. The Balaban J connectivity index is 1.49. The number of nitrogens with zero attached hydrogens (tertiary/aromatic N) is 2. The summed E-state index contributed by atoms with van der Waals surface area (Å²) in [5.41, 5.74) is 0.985. The number of anilines is 1. The molecule has 1 heterocycles. The Morgan fingerprint density at radius 2 is 1.63 bits per heavy atom. The fourth-order valence-electron chi connectivity index (χ4n) is 3.99. The van der Waals surface area contributed by atoms with E-state index in [1.807, 2.05) is 25.1 Å². The van der Waals surface area contributed by atoms with Crippen LogP contribution in [0.5, 0.6) is 11.5 Å². The van der Waals surface area contributed by atoms with Gasteiger partial charge in [-0.3, -0.25) is 0 Å². The van der Waals surface area contributed by atoms with Crippen molar-refractivity contribution in [3.63, 3.8) is 0 Å². The van der Waals surface area contributed by atoms with Gasteiger partial charge in [0, 0.05) is 17.3 Å². The van der Waals surface area contributed by atoms with E-state index in [-0.39, 0.29) is 6.54 Å². The van der Waals surface area contributed by atoms with Gasteiger partial charge in [0.2, 0.25) is 0 Å². The Morgan fingerprint density at radius 1 is 0.977 bits per heavy atom. The highest BCUT2D eigenvalue weighted by molar-refractivity contribution is 5.99. The number of carbonyl (C=O) groups excluding carboxylic acids is 2. The lowest BCUT2D eigenvalue weighted by Crippen LogP contribution is -2.40. The molecule has 4 rings (SSSR count). The maximum atomic E-state index is 13.4. The molecule has 0 radical (unpaired) electrons. The number of carboxylic acids is 1. The van der Waals surface area contributed by atoms with E-state index < -0.39 is 29.8 Å². The van der Waals surface area contributed by atoms with Gasteiger partial charge >= 0.3 is 18.1 Å². The molecule has 1 atom stereocenters. The van der Waals surface area contributed by atoms with Gasteiger partial charge in [-0.15, -0.1) is 0 Å². The number of benzene rings is 3. The maximum Gasteiger partial charge on any atom is 0.419 e. The van der Waals surface area contributed by atoms with E-state index in [4.69, 9.17) is 18.7 Å². The maximum absolute atomic E-state index is 13.4. The summed E-state index contributed by atoms with van der Waals surface area (Å²) in [5.74, 6) is 0.223. The number of aromatic nitrogens is 1. The van der Waals surface area contributed by atoms with Crippen LogP contribution in [0.3, 0.4) is 0 Å². The number of nitrogens with one attached hydrogen (secondary N) is 1. The SMILES string of the molecule is CCC(OC(=O)N(Cc1ccccc1)C(=O)Nc1ccc(OC)cc1)c1cc(-c2ccc(OC(C)(C)C(=O)O)cc2)no1. The highest BCUT2D eigenvalue weighted by Crippen LogP contribution is 2.29. The van der Waals surface area contributed by atoms with Gasteiger partial charge in [0.1, 0.15) is 17.2 Å². The van der Waals surface area contributed by atoms with E-state index in [0.29, 0.717) is 40.6 Å². The normalized spacial score (nSPS) is 11.7. The van der Waals surface area contributed by atoms with Crippen molar-refractivity contribution in [2.45, 2.75) is 45.4 Å². The van der Waals surface area contributed by atoms with E-state index in [2.05, 4.69) is 10.5 Å². The third-order valence-corrected chi connectivity index (χ3v) is 6.49. The topological polar surface area (TPSA) is 140 Å². The number of ether oxygens (including phenoxy) is 3. The zero-order valence-electron chi connectivity index (χ0n) is 24.3. The van der Waals surface area contributed by atoms with Crippen LogP contribution in [-0.4, -0.2) is 46.0 Å². The number of methoxy groups -OCH3 is 1. The van der Waals surface area contributed by atoms with Gasteiger partial charge in [0.15, 0.2) is 17.5 Å². The molecule has 3 aromatic carbocycles. The lowest BCUT2D eigenvalue weighted by Gasteiger charge is -2.23. The van der Waals surface area contributed by atoms with Gasteiger partial charge < -0.3 is 29.2 Å².